The fraction of sp³-hybridized carbons (Fsp3) is 0.971. The van der Waals surface area contributed by atoms with Crippen molar-refractivity contribution in [1.82, 2.24) is 5.32 Å². The van der Waals surface area contributed by atoms with Crippen LogP contribution < -0.4 is 5.32 Å². The van der Waals surface area contributed by atoms with E-state index < -0.39 is 37.3 Å². The second-order valence-electron chi connectivity index (χ2n) is 12.1. The maximum atomic E-state index is 11.8. The van der Waals surface area contributed by atoms with Crippen LogP contribution in [0, 0.1) is 0 Å². The number of amides is 1. The predicted molar refractivity (Wildman–Crippen MR) is 176 cm³/mol. The molecule has 5 atom stereocenters. The Balaban J connectivity index is 1.74. The molecule has 0 aromatic carbocycles. The molecule has 0 aliphatic carbocycles. The molecule has 1 amide bonds. The third kappa shape index (κ3) is 23.4. The van der Waals surface area contributed by atoms with E-state index in [1.165, 1.54) is 96.3 Å². The number of ether oxygens (including phenoxy) is 6. The fourth-order valence-corrected chi connectivity index (χ4v) is 5.20. The molecule has 1 fully saturated rings. The third-order valence-corrected chi connectivity index (χ3v) is 8.05. The summed E-state index contributed by atoms with van der Waals surface area (Å²) in [5.74, 6) is -0.347. The first-order chi connectivity index (χ1) is 22.5. The highest BCUT2D eigenvalue weighted by atomic mass is 16.7. The summed E-state index contributed by atoms with van der Waals surface area (Å²) in [5.41, 5.74) is 0. The van der Waals surface area contributed by atoms with Gasteiger partial charge in [-0.05, 0) is 6.42 Å². The molecule has 0 aromatic heterocycles. The molecule has 5 N–H and O–H groups in total. The number of aliphatic hydroxyl groups is 4. The molecule has 0 bridgehead atoms. The lowest BCUT2D eigenvalue weighted by molar-refractivity contribution is -0.300. The van der Waals surface area contributed by atoms with E-state index in [-0.39, 0.29) is 32.3 Å². The summed E-state index contributed by atoms with van der Waals surface area (Å²) >= 11 is 0. The minimum Gasteiger partial charge on any atom is -0.394 e. The van der Waals surface area contributed by atoms with Crippen LogP contribution in [0.25, 0.3) is 0 Å². The Labute approximate surface area is 277 Å². The second kappa shape index (κ2) is 31.3. The highest BCUT2D eigenvalue weighted by Gasteiger charge is 2.43. The number of carbonyl (C=O) groups excluding carboxylic acids is 1. The van der Waals surface area contributed by atoms with Crippen LogP contribution in [0.2, 0.25) is 0 Å². The van der Waals surface area contributed by atoms with Gasteiger partial charge in [0.1, 0.15) is 31.0 Å². The van der Waals surface area contributed by atoms with Gasteiger partial charge in [0, 0.05) is 13.2 Å². The van der Waals surface area contributed by atoms with Crippen molar-refractivity contribution < 1.29 is 53.6 Å². The van der Waals surface area contributed by atoms with Crippen molar-refractivity contribution in [2.75, 3.05) is 72.6 Å². The molecule has 0 spiro atoms. The molecule has 46 heavy (non-hydrogen) atoms. The molecule has 1 aliphatic heterocycles. The van der Waals surface area contributed by atoms with Crippen LogP contribution in [0.15, 0.2) is 0 Å². The van der Waals surface area contributed by atoms with Gasteiger partial charge >= 0.3 is 0 Å². The van der Waals surface area contributed by atoms with E-state index in [9.17, 15) is 25.2 Å². The third-order valence-electron chi connectivity index (χ3n) is 8.05. The zero-order valence-corrected chi connectivity index (χ0v) is 28.6. The number of rotatable bonds is 33. The number of nitrogens with one attached hydrogen (secondary N) is 1. The van der Waals surface area contributed by atoms with E-state index in [0.29, 0.717) is 33.0 Å². The van der Waals surface area contributed by atoms with E-state index in [1.807, 2.05) is 0 Å². The van der Waals surface area contributed by atoms with Crippen LogP contribution in [0.3, 0.4) is 0 Å². The smallest absolute Gasteiger partial charge is 0.246 e. The van der Waals surface area contributed by atoms with E-state index >= 15 is 0 Å². The largest absolute Gasteiger partial charge is 0.394 e. The average Bonchev–Trinajstić information content (AvgIpc) is 3.06. The maximum absolute atomic E-state index is 11.8. The number of unbranched alkanes of at least 4 members (excludes halogenated alkanes) is 15. The zero-order valence-electron chi connectivity index (χ0n) is 28.6. The monoisotopic (exact) mass is 665 g/mol. The molecule has 1 saturated heterocycles. The summed E-state index contributed by atoms with van der Waals surface area (Å²) in [6, 6.07) is 0. The lowest BCUT2D eigenvalue weighted by Crippen LogP contribution is -2.59. The number of carbonyl (C=O) groups is 1. The van der Waals surface area contributed by atoms with Gasteiger partial charge in [0.15, 0.2) is 6.29 Å². The van der Waals surface area contributed by atoms with Crippen molar-refractivity contribution >= 4 is 5.91 Å². The fourth-order valence-electron chi connectivity index (χ4n) is 5.20. The Morgan fingerprint density at radius 2 is 1.04 bits per heavy atom. The Morgan fingerprint density at radius 1 is 0.587 bits per heavy atom. The van der Waals surface area contributed by atoms with Crippen molar-refractivity contribution in [3.05, 3.63) is 0 Å². The Morgan fingerprint density at radius 3 is 1.54 bits per heavy atom. The topological polar surface area (TPSA) is 165 Å². The molecule has 1 aliphatic rings. The van der Waals surface area contributed by atoms with Crippen LogP contribution in [-0.4, -0.2) is 130 Å². The first-order valence-corrected chi connectivity index (χ1v) is 18.0. The number of aliphatic hydroxyl groups excluding tert-OH is 4. The lowest BCUT2D eigenvalue weighted by Gasteiger charge is -2.39. The van der Waals surface area contributed by atoms with Gasteiger partial charge in [-0.1, -0.05) is 103 Å². The van der Waals surface area contributed by atoms with Crippen LogP contribution in [0.1, 0.15) is 110 Å². The Hall–Kier alpha value is -0.930. The number of hydrogen-bond acceptors (Lipinski definition) is 11. The standard InChI is InChI=1S/C34H67NO11/c1-2-3-4-5-6-7-8-9-10-11-12-13-14-15-16-17-19-41-21-22-42-23-24-43-25-26-44-28-30(37)35-18-20-45-34-33(40)32(39)31(38)29(27-36)46-34/h29,31-34,36,38-40H,2-28H2,1H3,(H,35,37)/t29-,31+,32+,33-,34-/m1/s1. The zero-order chi connectivity index (χ0) is 33.5. The SMILES string of the molecule is CCCCCCCCCCCCCCCCCCOCCOCCOCCOCC(=O)NCCO[C@@H]1O[C@H](CO)[C@H](O)[C@H](O)[C@H]1O. The first kappa shape index (κ1) is 43.1. The van der Waals surface area contributed by atoms with Gasteiger partial charge in [-0.25, -0.2) is 0 Å². The molecule has 1 heterocycles. The van der Waals surface area contributed by atoms with E-state index in [2.05, 4.69) is 12.2 Å². The molecule has 12 nitrogen and oxygen atoms in total. The lowest BCUT2D eigenvalue weighted by atomic mass is 9.99. The van der Waals surface area contributed by atoms with Gasteiger partial charge in [0.05, 0.1) is 52.9 Å². The quantitative estimate of drug-likeness (QED) is 0.0654. The van der Waals surface area contributed by atoms with Gasteiger partial charge in [0.2, 0.25) is 5.91 Å². The van der Waals surface area contributed by atoms with Crippen molar-refractivity contribution in [1.29, 1.82) is 0 Å². The van der Waals surface area contributed by atoms with Crippen molar-refractivity contribution in [2.24, 2.45) is 0 Å². The summed E-state index contributed by atoms with van der Waals surface area (Å²) in [5, 5.41) is 41.2. The van der Waals surface area contributed by atoms with Gasteiger partial charge < -0.3 is 54.2 Å². The molecule has 0 unspecified atom stereocenters. The summed E-state index contributed by atoms with van der Waals surface area (Å²) < 4.78 is 32.4. The minimum absolute atomic E-state index is 0.0118. The highest BCUT2D eigenvalue weighted by molar-refractivity contribution is 5.77. The Kier molecular flexibility index (Phi) is 29.4. The van der Waals surface area contributed by atoms with Gasteiger partial charge in [-0.15, -0.1) is 0 Å². The van der Waals surface area contributed by atoms with Gasteiger partial charge in [-0.2, -0.15) is 0 Å². The predicted octanol–water partition coefficient (Wildman–Crippen LogP) is 3.25. The molecule has 12 heteroatoms. The second-order valence-corrected chi connectivity index (χ2v) is 12.1. The molecule has 0 radical (unpaired) electrons. The van der Waals surface area contributed by atoms with Crippen LogP contribution in [-0.2, 0) is 33.2 Å². The van der Waals surface area contributed by atoms with E-state index in [0.717, 1.165) is 13.0 Å². The average molecular weight is 666 g/mol. The summed E-state index contributed by atoms with van der Waals surface area (Å²) in [7, 11) is 0. The van der Waals surface area contributed by atoms with Crippen molar-refractivity contribution in [3.63, 3.8) is 0 Å². The summed E-state index contributed by atoms with van der Waals surface area (Å²) in [4.78, 5) is 11.8. The molecule has 0 aromatic rings. The van der Waals surface area contributed by atoms with Crippen LogP contribution in [0.4, 0.5) is 0 Å². The molecule has 0 saturated carbocycles. The van der Waals surface area contributed by atoms with Crippen molar-refractivity contribution in [3.8, 4) is 0 Å². The molecule has 274 valence electrons. The minimum atomic E-state index is -1.51. The molecule has 1 rings (SSSR count). The van der Waals surface area contributed by atoms with E-state index in [4.69, 9.17) is 28.4 Å². The normalized spacial score (nSPS) is 21.5. The van der Waals surface area contributed by atoms with E-state index in [1.54, 1.807) is 0 Å². The van der Waals surface area contributed by atoms with Gasteiger partial charge in [-0.3, -0.25) is 4.79 Å². The maximum Gasteiger partial charge on any atom is 0.246 e. The Bertz CT molecular complexity index is 673. The summed E-state index contributed by atoms with van der Waals surface area (Å²) in [6.07, 6.45) is 15.1. The molecular weight excluding hydrogens is 598 g/mol. The highest BCUT2D eigenvalue weighted by Crippen LogP contribution is 2.21. The number of hydrogen-bond donors (Lipinski definition) is 5. The summed E-state index contributed by atoms with van der Waals surface area (Å²) in [6.45, 7) is 5.12. The molecular formula is C34H67NO11. The van der Waals surface area contributed by atoms with Crippen molar-refractivity contribution in [2.45, 2.75) is 140 Å². The van der Waals surface area contributed by atoms with Crippen LogP contribution >= 0.6 is 0 Å². The van der Waals surface area contributed by atoms with Gasteiger partial charge in [0.25, 0.3) is 0 Å². The first-order valence-electron chi connectivity index (χ1n) is 18.0. The van der Waals surface area contributed by atoms with Crippen LogP contribution in [0.5, 0.6) is 0 Å².